The summed E-state index contributed by atoms with van der Waals surface area (Å²) in [6.07, 6.45) is 6.74. The van der Waals surface area contributed by atoms with Crippen LogP contribution in [0.2, 0.25) is 0 Å². The van der Waals surface area contributed by atoms with Gasteiger partial charge in [-0.2, -0.15) is 0 Å². The van der Waals surface area contributed by atoms with Gasteiger partial charge < -0.3 is 20.3 Å². The Balaban J connectivity index is 1.31. The van der Waals surface area contributed by atoms with Gasteiger partial charge in [-0.05, 0) is 75.1 Å². The van der Waals surface area contributed by atoms with Crippen LogP contribution in [0.1, 0.15) is 66.9 Å². The molecule has 1 saturated heterocycles. The number of nitrogens with zero attached hydrogens (tertiary/aromatic N) is 1. The van der Waals surface area contributed by atoms with Crippen LogP contribution in [0.3, 0.4) is 0 Å². The van der Waals surface area contributed by atoms with Crippen molar-refractivity contribution in [3.63, 3.8) is 0 Å². The summed E-state index contributed by atoms with van der Waals surface area (Å²) in [5.41, 5.74) is 3.36. The first-order valence-corrected chi connectivity index (χ1v) is 11.2. The first-order valence-electron chi connectivity index (χ1n) is 11.2. The molecule has 2 N–H and O–H groups in total. The molecule has 0 aromatic heterocycles. The van der Waals surface area contributed by atoms with E-state index in [9.17, 15) is 14.4 Å². The molecule has 0 spiro atoms. The Labute approximate surface area is 178 Å². The molecule has 1 heterocycles. The number of ether oxygens (including phenoxy) is 1. The van der Waals surface area contributed by atoms with Crippen LogP contribution in [0.15, 0.2) is 18.2 Å². The van der Waals surface area contributed by atoms with Gasteiger partial charge in [0.05, 0.1) is 6.61 Å². The zero-order chi connectivity index (χ0) is 21.3. The first-order chi connectivity index (χ1) is 14.6. The predicted molar refractivity (Wildman–Crippen MR) is 114 cm³/mol. The zero-order valence-electron chi connectivity index (χ0n) is 17.9. The SMILES string of the molecule is CCOC(=O)N1CCC(NC(=O)CCCNC(=O)c2ccc3c(c2)CCCC3)CC1. The van der Waals surface area contributed by atoms with Gasteiger partial charge in [0.25, 0.3) is 5.91 Å². The molecule has 7 heteroatoms. The summed E-state index contributed by atoms with van der Waals surface area (Å²) in [4.78, 5) is 37.9. The van der Waals surface area contributed by atoms with Crippen LogP contribution in [0.25, 0.3) is 0 Å². The number of fused-ring (bicyclic) bond motifs is 1. The summed E-state index contributed by atoms with van der Waals surface area (Å²) in [7, 11) is 0. The number of aryl methyl sites for hydroxylation is 2. The molecule has 0 radical (unpaired) electrons. The Kier molecular flexibility index (Phi) is 8.11. The highest BCUT2D eigenvalue weighted by Gasteiger charge is 2.24. The molecular formula is C23H33N3O4. The van der Waals surface area contributed by atoms with Crippen molar-refractivity contribution in [2.45, 2.75) is 64.3 Å². The maximum absolute atomic E-state index is 12.4. The summed E-state index contributed by atoms with van der Waals surface area (Å²) < 4.78 is 5.01. The second kappa shape index (κ2) is 11.0. The Morgan fingerprint density at radius 3 is 2.57 bits per heavy atom. The Morgan fingerprint density at radius 2 is 1.83 bits per heavy atom. The highest BCUT2D eigenvalue weighted by atomic mass is 16.6. The molecule has 1 aromatic carbocycles. The lowest BCUT2D eigenvalue weighted by molar-refractivity contribution is -0.122. The lowest BCUT2D eigenvalue weighted by Crippen LogP contribution is -2.46. The average Bonchev–Trinajstić information content (AvgIpc) is 2.77. The third-order valence-electron chi connectivity index (χ3n) is 5.86. The van der Waals surface area contributed by atoms with Crippen LogP contribution in [0.5, 0.6) is 0 Å². The maximum atomic E-state index is 12.4. The second-order valence-corrected chi connectivity index (χ2v) is 8.08. The maximum Gasteiger partial charge on any atom is 0.409 e. The van der Waals surface area contributed by atoms with E-state index in [1.165, 1.54) is 24.0 Å². The van der Waals surface area contributed by atoms with Crippen LogP contribution in [-0.4, -0.2) is 55.1 Å². The number of amides is 3. The summed E-state index contributed by atoms with van der Waals surface area (Å²) >= 11 is 0. The molecule has 0 saturated carbocycles. The minimum Gasteiger partial charge on any atom is -0.450 e. The number of likely N-dealkylation sites (tertiary alicyclic amines) is 1. The van der Waals surface area contributed by atoms with Crippen molar-refractivity contribution in [3.05, 3.63) is 34.9 Å². The van der Waals surface area contributed by atoms with E-state index in [2.05, 4.69) is 16.7 Å². The van der Waals surface area contributed by atoms with Gasteiger partial charge in [0, 0.05) is 37.7 Å². The molecule has 1 aliphatic carbocycles. The lowest BCUT2D eigenvalue weighted by Gasteiger charge is -2.31. The van der Waals surface area contributed by atoms with Gasteiger partial charge in [-0.15, -0.1) is 0 Å². The summed E-state index contributed by atoms with van der Waals surface area (Å²) in [5, 5.41) is 5.95. The number of hydrogen-bond donors (Lipinski definition) is 2. The van der Waals surface area contributed by atoms with Crippen molar-refractivity contribution < 1.29 is 19.1 Å². The molecule has 0 unspecified atom stereocenters. The molecule has 3 amide bonds. The molecule has 1 fully saturated rings. The van der Waals surface area contributed by atoms with Crippen molar-refractivity contribution in [1.29, 1.82) is 0 Å². The molecule has 30 heavy (non-hydrogen) atoms. The topological polar surface area (TPSA) is 87.7 Å². The average molecular weight is 416 g/mol. The fourth-order valence-electron chi connectivity index (χ4n) is 4.15. The van der Waals surface area contributed by atoms with Crippen LogP contribution in [-0.2, 0) is 22.4 Å². The highest BCUT2D eigenvalue weighted by molar-refractivity contribution is 5.94. The molecule has 1 aromatic rings. The highest BCUT2D eigenvalue weighted by Crippen LogP contribution is 2.22. The first kappa shape index (κ1) is 22.1. The molecule has 1 aliphatic heterocycles. The van der Waals surface area contributed by atoms with Gasteiger partial charge in [0.1, 0.15) is 0 Å². The van der Waals surface area contributed by atoms with E-state index >= 15 is 0 Å². The fourth-order valence-corrected chi connectivity index (χ4v) is 4.15. The van der Waals surface area contributed by atoms with Crippen molar-refractivity contribution in [3.8, 4) is 0 Å². The molecule has 2 aliphatic rings. The lowest BCUT2D eigenvalue weighted by atomic mass is 9.90. The summed E-state index contributed by atoms with van der Waals surface area (Å²) in [5.74, 6) is -0.0808. The number of piperidine rings is 1. The Hall–Kier alpha value is -2.57. The van der Waals surface area contributed by atoms with E-state index in [0.717, 1.165) is 25.7 Å². The Morgan fingerprint density at radius 1 is 1.10 bits per heavy atom. The quantitative estimate of drug-likeness (QED) is 0.671. The van der Waals surface area contributed by atoms with Gasteiger partial charge >= 0.3 is 6.09 Å². The van der Waals surface area contributed by atoms with Gasteiger partial charge in [-0.3, -0.25) is 9.59 Å². The second-order valence-electron chi connectivity index (χ2n) is 8.08. The van der Waals surface area contributed by atoms with Gasteiger partial charge in [0.2, 0.25) is 5.91 Å². The monoisotopic (exact) mass is 415 g/mol. The van der Waals surface area contributed by atoms with E-state index in [1.54, 1.807) is 11.8 Å². The van der Waals surface area contributed by atoms with Crippen molar-refractivity contribution in [2.24, 2.45) is 0 Å². The Bertz CT molecular complexity index is 757. The number of benzene rings is 1. The largest absolute Gasteiger partial charge is 0.450 e. The number of rotatable bonds is 7. The molecule has 164 valence electrons. The predicted octanol–water partition coefficient (Wildman–Crippen LogP) is 2.81. The minimum absolute atomic E-state index is 0.00684. The van der Waals surface area contributed by atoms with E-state index in [0.29, 0.717) is 44.6 Å². The van der Waals surface area contributed by atoms with E-state index in [1.807, 2.05) is 12.1 Å². The van der Waals surface area contributed by atoms with Crippen LogP contribution in [0, 0.1) is 0 Å². The summed E-state index contributed by atoms with van der Waals surface area (Å²) in [6.45, 7) is 3.84. The molecule has 0 atom stereocenters. The number of carbonyl (C=O) groups is 3. The van der Waals surface area contributed by atoms with Crippen molar-refractivity contribution in [1.82, 2.24) is 15.5 Å². The minimum atomic E-state index is -0.281. The number of nitrogens with one attached hydrogen (secondary N) is 2. The molecule has 3 rings (SSSR count). The van der Waals surface area contributed by atoms with Crippen LogP contribution in [0.4, 0.5) is 4.79 Å². The van der Waals surface area contributed by atoms with Crippen molar-refractivity contribution >= 4 is 17.9 Å². The fraction of sp³-hybridized carbons (Fsp3) is 0.609. The smallest absolute Gasteiger partial charge is 0.409 e. The van der Waals surface area contributed by atoms with Crippen molar-refractivity contribution in [2.75, 3.05) is 26.2 Å². The van der Waals surface area contributed by atoms with Gasteiger partial charge in [0.15, 0.2) is 0 Å². The third kappa shape index (κ3) is 6.21. The van der Waals surface area contributed by atoms with Gasteiger partial charge in [-0.25, -0.2) is 4.79 Å². The molecular weight excluding hydrogens is 382 g/mol. The van der Waals surface area contributed by atoms with Crippen LogP contribution < -0.4 is 10.6 Å². The molecule has 7 nitrogen and oxygen atoms in total. The van der Waals surface area contributed by atoms with E-state index in [4.69, 9.17) is 4.74 Å². The van der Waals surface area contributed by atoms with Gasteiger partial charge in [-0.1, -0.05) is 6.07 Å². The summed E-state index contributed by atoms with van der Waals surface area (Å²) in [6, 6.07) is 6.08. The normalized spacial score (nSPS) is 16.5. The third-order valence-corrected chi connectivity index (χ3v) is 5.86. The standard InChI is InChI=1S/C23H33N3O4/c1-2-30-23(29)26-14-11-20(12-15-26)25-21(27)8-5-13-24-22(28)19-10-9-17-6-3-4-7-18(17)16-19/h9-10,16,20H,2-8,11-15H2,1H3,(H,24,28)(H,25,27). The van der Waals surface area contributed by atoms with E-state index in [-0.39, 0.29) is 23.9 Å². The number of carbonyl (C=O) groups excluding carboxylic acids is 3. The number of hydrogen-bond acceptors (Lipinski definition) is 4. The zero-order valence-corrected chi connectivity index (χ0v) is 17.9. The van der Waals surface area contributed by atoms with Crippen LogP contribution >= 0.6 is 0 Å². The molecule has 0 bridgehead atoms. The van der Waals surface area contributed by atoms with E-state index < -0.39 is 0 Å².